The first-order valence-corrected chi connectivity index (χ1v) is 9.56. The van der Waals surface area contributed by atoms with Crippen molar-refractivity contribution in [2.45, 2.75) is 46.0 Å². The van der Waals surface area contributed by atoms with E-state index in [1.807, 2.05) is 6.92 Å². The van der Waals surface area contributed by atoms with Crippen LogP contribution in [0.25, 0.3) is 0 Å². The molecule has 1 aliphatic rings. The molecule has 0 aliphatic heterocycles. The van der Waals surface area contributed by atoms with Gasteiger partial charge >= 0.3 is 0 Å². The fraction of sp³-hybridized carbons (Fsp3) is 0.688. The van der Waals surface area contributed by atoms with Crippen LogP contribution in [0.4, 0.5) is 11.5 Å². The van der Waals surface area contributed by atoms with Gasteiger partial charge in [-0.3, -0.25) is 9.36 Å². The Kier molecular flexibility index (Phi) is 6.47. The molecule has 1 heterocycles. The van der Waals surface area contributed by atoms with Crippen LogP contribution in [0, 0.1) is 16.6 Å². The van der Waals surface area contributed by atoms with Crippen LogP contribution in [-0.4, -0.2) is 20.3 Å². The van der Waals surface area contributed by atoms with Crippen LogP contribution in [0.3, 0.4) is 0 Å². The van der Waals surface area contributed by atoms with Crippen LogP contribution in [0.2, 0.25) is 0 Å². The molecule has 2 atom stereocenters. The molecule has 1 fully saturated rings. The summed E-state index contributed by atoms with van der Waals surface area (Å²) < 4.78 is 1.65. The molecule has 128 valence electrons. The van der Waals surface area contributed by atoms with E-state index in [1.54, 1.807) is 18.8 Å². The standard InChI is InChI=1S/C16H26N4OS2/c1-10-6-4-5-7-12(10)8-9-23-11(2)18-14-13(17)15(21)20(3)16(22)19-14/h10,12H,4-9,17H2,1-3H3,(H,19,22)/b18-11+. The van der Waals surface area contributed by atoms with Crippen molar-refractivity contribution in [1.82, 2.24) is 9.55 Å². The second kappa shape index (κ2) is 8.15. The van der Waals surface area contributed by atoms with Gasteiger partial charge in [-0.2, -0.15) is 0 Å². The van der Waals surface area contributed by atoms with E-state index in [4.69, 9.17) is 18.0 Å². The fourth-order valence-electron chi connectivity index (χ4n) is 3.08. The number of nitrogens with zero attached hydrogens (tertiary/aromatic N) is 2. The summed E-state index contributed by atoms with van der Waals surface area (Å²) in [5.74, 6) is 3.10. The zero-order valence-electron chi connectivity index (χ0n) is 14.1. The minimum absolute atomic E-state index is 0.113. The number of hydrogen-bond acceptors (Lipinski definition) is 5. The number of nitrogens with two attached hydrogens (primary N) is 1. The molecule has 0 aromatic carbocycles. The van der Waals surface area contributed by atoms with Crippen LogP contribution >= 0.6 is 24.0 Å². The molecule has 0 bridgehead atoms. The Labute approximate surface area is 146 Å². The number of aliphatic imine (C=N–C) groups is 1. The molecular formula is C16H26N4OS2. The zero-order valence-corrected chi connectivity index (χ0v) is 15.7. The summed E-state index contributed by atoms with van der Waals surface area (Å²) in [6.45, 7) is 4.32. The van der Waals surface area contributed by atoms with Crippen LogP contribution in [0.15, 0.2) is 9.79 Å². The Balaban J connectivity index is 1.98. The minimum Gasteiger partial charge on any atom is -0.391 e. The highest BCUT2D eigenvalue weighted by atomic mass is 32.2. The number of anilines is 1. The fourth-order valence-corrected chi connectivity index (χ4v) is 4.14. The maximum atomic E-state index is 11.9. The van der Waals surface area contributed by atoms with Crippen molar-refractivity contribution in [1.29, 1.82) is 0 Å². The predicted octanol–water partition coefficient (Wildman–Crippen LogP) is 4.02. The van der Waals surface area contributed by atoms with Gasteiger partial charge in [0.2, 0.25) is 0 Å². The van der Waals surface area contributed by atoms with Gasteiger partial charge in [-0.25, -0.2) is 4.99 Å². The van der Waals surface area contributed by atoms with Crippen molar-refractivity contribution in [3.05, 3.63) is 15.1 Å². The zero-order chi connectivity index (χ0) is 17.0. The Bertz CT molecular complexity index is 692. The topological polar surface area (TPSA) is 76.2 Å². The van der Waals surface area contributed by atoms with E-state index in [2.05, 4.69) is 16.9 Å². The summed E-state index contributed by atoms with van der Waals surface area (Å²) in [6.07, 6.45) is 6.69. The maximum absolute atomic E-state index is 11.9. The van der Waals surface area contributed by atoms with Gasteiger partial charge in [-0.1, -0.05) is 32.6 Å². The SMILES string of the molecule is C/C(=N\c1[nH]c(=S)n(C)c(=O)c1N)SCCC1CCCCC1C. The van der Waals surface area contributed by atoms with Crippen molar-refractivity contribution in [2.75, 3.05) is 11.5 Å². The van der Waals surface area contributed by atoms with Gasteiger partial charge in [0.15, 0.2) is 10.6 Å². The highest BCUT2D eigenvalue weighted by Gasteiger charge is 2.20. The van der Waals surface area contributed by atoms with Gasteiger partial charge in [0.1, 0.15) is 5.69 Å². The monoisotopic (exact) mass is 354 g/mol. The number of nitrogen functional groups attached to an aromatic ring is 1. The third-order valence-electron chi connectivity index (χ3n) is 4.68. The van der Waals surface area contributed by atoms with Crippen LogP contribution < -0.4 is 11.3 Å². The average Bonchev–Trinajstić information content (AvgIpc) is 2.52. The highest BCUT2D eigenvalue weighted by Crippen LogP contribution is 2.32. The van der Waals surface area contributed by atoms with Gasteiger partial charge in [-0.05, 0) is 43.2 Å². The number of nitrogens with one attached hydrogen (secondary N) is 1. The lowest BCUT2D eigenvalue weighted by molar-refractivity contribution is 0.251. The number of aromatic amines is 1. The van der Waals surface area contributed by atoms with Crippen LogP contribution in [0.5, 0.6) is 0 Å². The molecule has 7 heteroatoms. The normalized spacial score (nSPS) is 22.3. The Morgan fingerprint density at radius 2 is 2.17 bits per heavy atom. The van der Waals surface area contributed by atoms with E-state index in [9.17, 15) is 4.79 Å². The first kappa shape index (κ1) is 18.3. The summed E-state index contributed by atoms with van der Waals surface area (Å²) in [4.78, 5) is 19.3. The van der Waals surface area contributed by atoms with E-state index in [0.717, 1.165) is 22.6 Å². The molecule has 1 aliphatic carbocycles. The summed E-state index contributed by atoms with van der Waals surface area (Å²) in [6, 6.07) is 0. The first-order valence-electron chi connectivity index (χ1n) is 8.17. The van der Waals surface area contributed by atoms with Crippen LogP contribution in [-0.2, 0) is 7.05 Å². The van der Waals surface area contributed by atoms with E-state index in [-0.39, 0.29) is 11.2 Å². The number of rotatable bonds is 4. The number of thioether (sulfide) groups is 1. The molecule has 0 radical (unpaired) electrons. The van der Waals surface area contributed by atoms with E-state index < -0.39 is 0 Å². The molecule has 2 unspecified atom stereocenters. The lowest BCUT2D eigenvalue weighted by Crippen LogP contribution is -2.21. The van der Waals surface area contributed by atoms with Gasteiger partial charge < -0.3 is 10.7 Å². The largest absolute Gasteiger partial charge is 0.391 e. The van der Waals surface area contributed by atoms with E-state index in [1.165, 1.54) is 36.7 Å². The molecule has 3 N–H and O–H groups in total. The third-order valence-corrected chi connectivity index (χ3v) is 6.00. The smallest absolute Gasteiger partial charge is 0.279 e. The van der Waals surface area contributed by atoms with Crippen LogP contribution in [0.1, 0.15) is 46.0 Å². The molecule has 0 amide bonds. The molecule has 23 heavy (non-hydrogen) atoms. The van der Waals surface area contributed by atoms with Crippen molar-refractivity contribution in [2.24, 2.45) is 23.9 Å². The summed E-state index contributed by atoms with van der Waals surface area (Å²) in [5.41, 5.74) is 5.65. The molecule has 1 aromatic rings. The minimum atomic E-state index is -0.304. The lowest BCUT2D eigenvalue weighted by Gasteiger charge is -2.28. The van der Waals surface area contributed by atoms with E-state index >= 15 is 0 Å². The number of hydrogen-bond donors (Lipinski definition) is 2. The summed E-state index contributed by atoms with van der Waals surface area (Å²) >= 11 is 6.83. The highest BCUT2D eigenvalue weighted by molar-refractivity contribution is 8.13. The molecule has 2 rings (SSSR count). The quantitative estimate of drug-likeness (QED) is 0.486. The van der Waals surface area contributed by atoms with Gasteiger partial charge in [0.25, 0.3) is 5.56 Å². The second-order valence-corrected chi connectivity index (χ2v) is 8.02. The lowest BCUT2D eigenvalue weighted by atomic mass is 9.79. The molecule has 1 saturated carbocycles. The Hall–Kier alpha value is -1.08. The van der Waals surface area contributed by atoms with Gasteiger partial charge in [0, 0.05) is 7.05 Å². The summed E-state index contributed by atoms with van der Waals surface area (Å²) in [5, 5.41) is 0.902. The molecular weight excluding hydrogens is 328 g/mol. The van der Waals surface area contributed by atoms with Crippen molar-refractivity contribution in [3.8, 4) is 0 Å². The first-order chi connectivity index (χ1) is 10.9. The Morgan fingerprint density at radius 3 is 2.87 bits per heavy atom. The molecule has 5 nitrogen and oxygen atoms in total. The number of aromatic nitrogens is 2. The summed E-state index contributed by atoms with van der Waals surface area (Å²) in [7, 11) is 1.60. The Morgan fingerprint density at radius 1 is 1.48 bits per heavy atom. The van der Waals surface area contributed by atoms with Crippen molar-refractivity contribution < 1.29 is 0 Å². The predicted molar refractivity (Wildman–Crippen MR) is 102 cm³/mol. The van der Waals surface area contributed by atoms with E-state index in [0.29, 0.717) is 10.6 Å². The molecule has 0 spiro atoms. The van der Waals surface area contributed by atoms with Crippen molar-refractivity contribution in [3.63, 3.8) is 0 Å². The molecule has 1 aromatic heterocycles. The third kappa shape index (κ3) is 4.70. The maximum Gasteiger partial charge on any atom is 0.279 e. The number of H-pyrrole nitrogens is 1. The van der Waals surface area contributed by atoms with Gasteiger partial charge in [0.05, 0.1) is 5.04 Å². The van der Waals surface area contributed by atoms with Gasteiger partial charge in [-0.15, -0.1) is 11.8 Å². The second-order valence-electron chi connectivity index (χ2n) is 6.35. The van der Waals surface area contributed by atoms with Crippen molar-refractivity contribution >= 4 is 40.5 Å². The average molecular weight is 355 g/mol. The molecule has 0 saturated heterocycles.